The van der Waals surface area contributed by atoms with Crippen molar-refractivity contribution in [1.29, 1.82) is 0 Å². The summed E-state index contributed by atoms with van der Waals surface area (Å²) < 4.78 is 37.2. The summed E-state index contributed by atoms with van der Waals surface area (Å²) in [6.45, 7) is -1.65. The minimum atomic E-state index is -5.29. The predicted octanol–water partition coefficient (Wildman–Crippen LogP) is -3.81. The van der Waals surface area contributed by atoms with Gasteiger partial charge in [-0.2, -0.15) is 13.2 Å². The highest BCUT2D eigenvalue weighted by atomic mass is 19.4. The fraction of sp³-hybridized carbons (Fsp3) is 0.786. The molecule has 0 aromatic heterocycles. The molecule has 0 aromatic rings. The van der Waals surface area contributed by atoms with Gasteiger partial charge in [0.2, 0.25) is 11.8 Å². The lowest BCUT2D eigenvalue weighted by Gasteiger charge is -2.30. The summed E-state index contributed by atoms with van der Waals surface area (Å²) in [4.78, 5) is 34.8. The Balaban J connectivity index is 5.13. The number of aliphatic hydroxyl groups is 5. The van der Waals surface area contributed by atoms with Gasteiger partial charge in [0.05, 0.1) is 6.61 Å². The average molecular weight is 419 g/mol. The maximum Gasteiger partial charge on any atom is 0.471 e. The third-order valence-corrected chi connectivity index (χ3v) is 3.70. The Labute approximate surface area is 157 Å². The number of nitrogens with two attached hydrogens (primary N) is 1. The maximum atomic E-state index is 12.4. The van der Waals surface area contributed by atoms with Crippen molar-refractivity contribution in [3.05, 3.63) is 0 Å². The number of carbonyl (C=O) groups is 3. The zero-order chi connectivity index (χ0) is 22.2. The van der Waals surface area contributed by atoms with Gasteiger partial charge in [0.1, 0.15) is 30.5 Å². The molecule has 0 bridgehead atoms. The van der Waals surface area contributed by atoms with Crippen molar-refractivity contribution >= 4 is 17.7 Å². The van der Waals surface area contributed by atoms with Crippen molar-refractivity contribution < 1.29 is 53.1 Å². The quantitative estimate of drug-likeness (QED) is 0.177. The highest BCUT2D eigenvalue weighted by Gasteiger charge is 2.41. The minimum absolute atomic E-state index is 0.519. The first-order valence-corrected chi connectivity index (χ1v) is 7.96. The Morgan fingerprint density at radius 2 is 1.57 bits per heavy atom. The van der Waals surface area contributed by atoms with Gasteiger partial charge >= 0.3 is 12.1 Å². The highest BCUT2D eigenvalue weighted by Crippen LogP contribution is 2.16. The number of primary amides is 1. The van der Waals surface area contributed by atoms with E-state index >= 15 is 0 Å². The number of amides is 3. The topological polar surface area (TPSA) is 194 Å². The number of likely N-dealkylation sites (N-methyl/N-ethyl adjacent to an activating group) is 1. The van der Waals surface area contributed by atoms with Crippen LogP contribution in [0.1, 0.15) is 12.8 Å². The lowest BCUT2D eigenvalue weighted by Crippen LogP contribution is -2.54. The first-order valence-electron chi connectivity index (χ1n) is 7.96. The fourth-order valence-electron chi connectivity index (χ4n) is 2.09. The van der Waals surface area contributed by atoms with Crippen LogP contribution in [-0.2, 0) is 14.4 Å². The lowest BCUT2D eigenvalue weighted by molar-refractivity contribution is -0.175. The van der Waals surface area contributed by atoms with Gasteiger partial charge in [-0.15, -0.1) is 0 Å². The van der Waals surface area contributed by atoms with E-state index in [0.717, 1.165) is 7.05 Å². The molecule has 0 spiro atoms. The first kappa shape index (κ1) is 26.0. The van der Waals surface area contributed by atoms with Crippen LogP contribution >= 0.6 is 0 Å². The Bertz CT molecular complexity index is 548. The van der Waals surface area contributed by atoms with E-state index in [1.165, 1.54) is 5.32 Å². The second kappa shape index (κ2) is 11.1. The van der Waals surface area contributed by atoms with Gasteiger partial charge in [-0.05, 0) is 6.42 Å². The number of aliphatic hydroxyl groups excluding tert-OH is 5. The molecule has 0 heterocycles. The van der Waals surface area contributed by atoms with Gasteiger partial charge in [-0.25, -0.2) is 0 Å². The number of hydrogen-bond donors (Lipinski definition) is 7. The number of halogens is 3. The van der Waals surface area contributed by atoms with Crippen LogP contribution in [-0.4, -0.2) is 105 Å². The van der Waals surface area contributed by atoms with E-state index in [1.807, 2.05) is 0 Å². The normalized spacial score (nSPS) is 17.2. The Morgan fingerprint density at radius 3 is 2.00 bits per heavy atom. The van der Waals surface area contributed by atoms with E-state index in [9.17, 15) is 48.0 Å². The second-order valence-corrected chi connectivity index (χ2v) is 6.05. The van der Waals surface area contributed by atoms with Crippen LogP contribution in [0.4, 0.5) is 13.2 Å². The Hall–Kier alpha value is -2.00. The SMILES string of the molecule is CN(CC(O)C(O)C(O)C(O)CO)C(=O)[C@H](CCC(N)=O)NC(=O)C(F)(F)F. The molecule has 0 aliphatic carbocycles. The number of carbonyl (C=O) groups excluding carboxylic acids is 3. The van der Waals surface area contributed by atoms with Crippen molar-refractivity contribution in [1.82, 2.24) is 10.2 Å². The summed E-state index contributed by atoms with van der Waals surface area (Å²) in [5.74, 6) is -4.49. The van der Waals surface area contributed by atoms with Crippen LogP contribution in [0.25, 0.3) is 0 Å². The molecule has 0 saturated carbocycles. The third kappa shape index (κ3) is 8.35. The van der Waals surface area contributed by atoms with Crippen molar-refractivity contribution in [2.24, 2.45) is 5.73 Å². The number of nitrogens with zero attached hydrogens (tertiary/aromatic N) is 1. The van der Waals surface area contributed by atoms with Crippen LogP contribution in [0.15, 0.2) is 0 Å². The lowest BCUT2D eigenvalue weighted by atomic mass is 10.0. The zero-order valence-electron chi connectivity index (χ0n) is 14.8. The van der Waals surface area contributed by atoms with Crippen LogP contribution in [0, 0.1) is 0 Å². The highest BCUT2D eigenvalue weighted by molar-refractivity contribution is 5.90. The molecular weight excluding hydrogens is 395 g/mol. The molecule has 11 nitrogen and oxygen atoms in total. The molecule has 164 valence electrons. The zero-order valence-corrected chi connectivity index (χ0v) is 14.8. The average Bonchev–Trinajstić information content (AvgIpc) is 2.60. The summed E-state index contributed by atoms with van der Waals surface area (Å²) in [6.07, 6.45) is -14.0. The second-order valence-electron chi connectivity index (χ2n) is 6.05. The van der Waals surface area contributed by atoms with Crippen LogP contribution in [0.2, 0.25) is 0 Å². The van der Waals surface area contributed by atoms with E-state index in [1.54, 1.807) is 0 Å². The summed E-state index contributed by atoms with van der Waals surface area (Å²) in [5.41, 5.74) is 4.89. The standard InChI is InChI=1S/C14H24F3N3O8/c1-20(4-7(22)10(25)11(26)8(23)5-21)12(27)6(2-3-9(18)24)19-13(28)14(15,16)17/h6-8,10-11,21-23,25-26H,2-5H2,1H3,(H2,18,24)(H,19,28)/t6-,7?,8?,10?,11?/m0/s1. The molecule has 5 atom stereocenters. The molecular formula is C14H24F3N3O8. The summed E-state index contributed by atoms with van der Waals surface area (Å²) >= 11 is 0. The third-order valence-electron chi connectivity index (χ3n) is 3.70. The van der Waals surface area contributed by atoms with E-state index in [4.69, 9.17) is 10.8 Å². The molecule has 0 saturated heterocycles. The van der Waals surface area contributed by atoms with Crippen molar-refractivity contribution in [3.63, 3.8) is 0 Å². The predicted molar refractivity (Wildman–Crippen MR) is 85.2 cm³/mol. The van der Waals surface area contributed by atoms with Crippen molar-refractivity contribution in [2.45, 2.75) is 49.5 Å². The number of hydrogen-bond acceptors (Lipinski definition) is 8. The van der Waals surface area contributed by atoms with Gasteiger partial charge < -0.3 is 41.5 Å². The smallest absolute Gasteiger partial charge is 0.394 e. The largest absolute Gasteiger partial charge is 0.471 e. The molecule has 0 fully saturated rings. The maximum absolute atomic E-state index is 12.4. The van der Waals surface area contributed by atoms with Gasteiger partial charge in [0.25, 0.3) is 0 Å². The Morgan fingerprint density at radius 1 is 1.07 bits per heavy atom. The van der Waals surface area contributed by atoms with Gasteiger partial charge in [-0.1, -0.05) is 0 Å². The summed E-state index contributed by atoms with van der Waals surface area (Å²) in [5, 5.41) is 48.4. The molecule has 0 rings (SSSR count). The molecule has 0 radical (unpaired) electrons. The van der Waals surface area contributed by atoms with Gasteiger partial charge in [0, 0.05) is 20.0 Å². The van der Waals surface area contributed by atoms with E-state index in [-0.39, 0.29) is 0 Å². The van der Waals surface area contributed by atoms with Crippen molar-refractivity contribution in [2.75, 3.05) is 20.2 Å². The summed E-state index contributed by atoms with van der Waals surface area (Å²) in [7, 11) is 1.02. The van der Waals surface area contributed by atoms with Gasteiger partial charge in [0.15, 0.2) is 0 Å². The van der Waals surface area contributed by atoms with Crippen LogP contribution < -0.4 is 11.1 Å². The van der Waals surface area contributed by atoms with E-state index in [0.29, 0.717) is 4.90 Å². The monoisotopic (exact) mass is 419 g/mol. The molecule has 0 aliphatic rings. The number of alkyl halides is 3. The van der Waals surface area contributed by atoms with Crippen LogP contribution in [0.3, 0.4) is 0 Å². The van der Waals surface area contributed by atoms with E-state index < -0.39 is 80.3 Å². The Kier molecular flexibility index (Phi) is 10.3. The summed E-state index contributed by atoms with van der Waals surface area (Å²) in [6, 6.07) is -1.80. The van der Waals surface area contributed by atoms with Gasteiger partial charge in [-0.3, -0.25) is 14.4 Å². The molecule has 0 aliphatic heterocycles. The fourth-order valence-corrected chi connectivity index (χ4v) is 2.09. The number of nitrogens with one attached hydrogen (secondary N) is 1. The molecule has 4 unspecified atom stereocenters. The first-order chi connectivity index (χ1) is 12.7. The molecule has 14 heteroatoms. The van der Waals surface area contributed by atoms with E-state index in [2.05, 4.69) is 0 Å². The molecule has 28 heavy (non-hydrogen) atoms. The number of rotatable bonds is 11. The molecule has 3 amide bonds. The van der Waals surface area contributed by atoms with Crippen molar-refractivity contribution in [3.8, 4) is 0 Å². The molecule has 0 aromatic carbocycles. The minimum Gasteiger partial charge on any atom is -0.394 e. The van der Waals surface area contributed by atoms with Crippen LogP contribution in [0.5, 0.6) is 0 Å². The molecule has 8 N–H and O–H groups in total.